The summed E-state index contributed by atoms with van der Waals surface area (Å²) in [7, 11) is 0. The number of allylic oxidation sites excluding steroid dienone is 1. The Morgan fingerprint density at radius 2 is 1.90 bits per heavy atom. The van der Waals surface area contributed by atoms with Gasteiger partial charge in [0.05, 0.1) is 43.6 Å². The van der Waals surface area contributed by atoms with E-state index in [1.165, 1.54) is 6.08 Å². The van der Waals surface area contributed by atoms with Crippen molar-refractivity contribution in [2.45, 2.75) is 95.9 Å². The van der Waals surface area contributed by atoms with Crippen molar-refractivity contribution in [1.29, 1.82) is 0 Å². The number of carbonyl (C=O) groups excluding carboxylic acids is 3. The number of hydrogen-bond acceptors (Lipinski definition) is 8. The van der Waals surface area contributed by atoms with Crippen molar-refractivity contribution >= 4 is 18.0 Å². The van der Waals surface area contributed by atoms with Crippen LogP contribution in [0, 0.1) is 0 Å². The van der Waals surface area contributed by atoms with Crippen LogP contribution in [0.15, 0.2) is 36.1 Å². The van der Waals surface area contributed by atoms with Crippen LogP contribution in [-0.4, -0.2) is 79.1 Å². The fourth-order valence-corrected chi connectivity index (χ4v) is 5.95. The number of ether oxygens (including phenoxy) is 5. The van der Waals surface area contributed by atoms with Gasteiger partial charge in [0.2, 0.25) is 5.91 Å². The lowest BCUT2D eigenvalue weighted by atomic mass is 9.82. The highest BCUT2D eigenvalue weighted by molar-refractivity contribution is 5.82. The van der Waals surface area contributed by atoms with E-state index in [0.717, 1.165) is 37.0 Å². The number of para-hydroxylation sites is 1. The molecule has 2 aliphatic heterocycles. The smallest absolute Gasteiger partial charge is 0.410 e. The molecule has 0 aromatic heterocycles. The van der Waals surface area contributed by atoms with Crippen molar-refractivity contribution in [3.8, 4) is 5.75 Å². The van der Waals surface area contributed by atoms with Gasteiger partial charge in [-0.1, -0.05) is 18.2 Å². The Bertz CT molecular complexity index is 1120. The Morgan fingerprint density at radius 3 is 2.59 bits per heavy atom. The van der Waals surface area contributed by atoms with Gasteiger partial charge in [0.15, 0.2) is 0 Å². The number of nitrogens with zero attached hydrogens (tertiary/aromatic N) is 1. The van der Waals surface area contributed by atoms with E-state index in [1.807, 2.05) is 39.0 Å². The SMILES string of the molecule is CCOC(=O)C=C(C)Oc1ccccc1C1CCC(OC[C@@H]2N(C(=O)OC(C)(C)C)CC[C@@]23COCC(=O)N3)CC1. The Kier molecular flexibility index (Phi) is 9.96. The standard InChI is InChI=1S/C31H44N2O8/c1-6-38-28(35)17-21(2)40-25-10-8-7-9-24(25)22-11-13-23(14-12-22)39-18-26-31(20-37-19-27(34)32-31)15-16-33(26)29(36)41-30(3,4)5/h7-10,17,22-23,26H,6,11-16,18-20H2,1-5H3,(H,32,34)/t22?,23?,26-,31+/m0/s1. The number of morpholine rings is 1. The van der Waals surface area contributed by atoms with Gasteiger partial charge in [-0.2, -0.15) is 0 Å². The maximum absolute atomic E-state index is 13.1. The lowest BCUT2D eigenvalue weighted by Crippen LogP contribution is -2.65. The summed E-state index contributed by atoms with van der Waals surface area (Å²) in [5.41, 5.74) is -0.208. The van der Waals surface area contributed by atoms with Crippen LogP contribution in [-0.2, 0) is 28.5 Å². The van der Waals surface area contributed by atoms with Crippen LogP contribution in [0.1, 0.15) is 78.2 Å². The second-order valence-electron chi connectivity index (χ2n) is 12.1. The molecule has 3 aliphatic rings. The van der Waals surface area contributed by atoms with E-state index < -0.39 is 23.2 Å². The Hall–Kier alpha value is -3.11. The number of benzene rings is 1. The van der Waals surface area contributed by atoms with Gasteiger partial charge in [-0.15, -0.1) is 0 Å². The van der Waals surface area contributed by atoms with Gasteiger partial charge in [-0.05, 0) is 84.3 Å². The summed E-state index contributed by atoms with van der Waals surface area (Å²) in [6.07, 6.45) is 5.10. The second kappa shape index (κ2) is 13.2. The minimum atomic E-state index is -0.686. The largest absolute Gasteiger partial charge is 0.463 e. The molecule has 1 N–H and O–H groups in total. The third-order valence-electron chi connectivity index (χ3n) is 7.82. The van der Waals surface area contributed by atoms with Gasteiger partial charge >= 0.3 is 12.1 Å². The van der Waals surface area contributed by atoms with Crippen LogP contribution in [0.2, 0.25) is 0 Å². The zero-order chi connectivity index (χ0) is 29.6. The molecule has 3 fully saturated rings. The third kappa shape index (κ3) is 8.01. The summed E-state index contributed by atoms with van der Waals surface area (Å²) in [6, 6.07) is 7.53. The summed E-state index contributed by atoms with van der Waals surface area (Å²) in [5.74, 6) is 0.911. The molecule has 1 aliphatic carbocycles. The predicted molar refractivity (Wildman–Crippen MR) is 151 cm³/mol. The van der Waals surface area contributed by atoms with Crippen LogP contribution in [0.25, 0.3) is 0 Å². The first-order valence-electron chi connectivity index (χ1n) is 14.6. The first kappa shape index (κ1) is 30.8. The molecule has 226 valence electrons. The lowest BCUT2D eigenvalue weighted by molar-refractivity contribution is -0.138. The Balaban J connectivity index is 1.38. The summed E-state index contributed by atoms with van der Waals surface area (Å²) in [4.78, 5) is 38.9. The highest BCUT2D eigenvalue weighted by atomic mass is 16.6. The second-order valence-corrected chi connectivity index (χ2v) is 12.1. The molecular weight excluding hydrogens is 528 g/mol. The number of hydrogen-bond donors (Lipinski definition) is 1. The number of amides is 2. The van der Waals surface area contributed by atoms with Crippen LogP contribution in [0.5, 0.6) is 5.75 Å². The normalized spacial score (nSPS) is 27.0. The maximum Gasteiger partial charge on any atom is 0.410 e. The summed E-state index contributed by atoms with van der Waals surface area (Å²) < 4.78 is 28.7. The van der Waals surface area contributed by atoms with Gasteiger partial charge in [0.1, 0.15) is 23.7 Å². The average Bonchev–Trinajstić information content (AvgIpc) is 3.24. The molecule has 0 bridgehead atoms. The van der Waals surface area contributed by atoms with Crippen molar-refractivity contribution in [2.24, 2.45) is 0 Å². The van der Waals surface area contributed by atoms with Crippen molar-refractivity contribution < 1.29 is 38.1 Å². The van der Waals surface area contributed by atoms with Gasteiger partial charge in [-0.25, -0.2) is 9.59 Å². The molecule has 4 rings (SSSR count). The van der Waals surface area contributed by atoms with Crippen LogP contribution >= 0.6 is 0 Å². The van der Waals surface area contributed by atoms with E-state index in [-0.39, 0.29) is 31.3 Å². The molecule has 1 aromatic carbocycles. The van der Waals surface area contributed by atoms with E-state index in [2.05, 4.69) is 11.4 Å². The molecule has 1 spiro atoms. The molecule has 1 aromatic rings. The van der Waals surface area contributed by atoms with Gasteiger partial charge in [0.25, 0.3) is 0 Å². The van der Waals surface area contributed by atoms with E-state index in [1.54, 1.807) is 18.7 Å². The Morgan fingerprint density at radius 1 is 1.17 bits per heavy atom. The molecule has 2 saturated heterocycles. The molecule has 0 radical (unpaired) electrons. The minimum absolute atomic E-state index is 0.0229. The molecule has 10 nitrogen and oxygen atoms in total. The third-order valence-corrected chi connectivity index (χ3v) is 7.82. The molecule has 2 heterocycles. The first-order valence-corrected chi connectivity index (χ1v) is 14.6. The van der Waals surface area contributed by atoms with Crippen LogP contribution in [0.3, 0.4) is 0 Å². The highest BCUT2D eigenvalue weighted by Crippen LogP contribution is 2.40. The summed E-state index contributed by atoms with van der Waals surface area (Å²) in [6.45, 7) is 10.4. The zero-order valence-electron chi connectivity index (χ0n) is 24.9. The fraction of sp³-hybridized carbons (Fsp3) is 0.645. The number of likely N-dealkylation sites (tertiary alicyclic amines) is 1. The molecule has 10 heteroatoms. The van der Waals surface area contributed by atoms with Crippen LogP contribution < -0.4 is 10.1 Å². The predicted octanol–water partition coefficient (Wildman–Crippen LogP) is 4.47. The number of nitrogens with one attached hydrogen (secondary N) is 1. The van der Waals surface area contributed by atoms with Crippen molar-refractivity contribution in [3.63, 3.8) is 0 Å². The first-order chi connectivity index (χ1) is 19.5. The maximum atomic E-state index is 13.1. The minimum Gasteiger partial charge on any atom is -0.463 e. The van der Waals surface area contributed by atoms with E-state index in [0.29, 0.717) is 37.9 Å². The lowest BCUT2D eigenvalue weighted by Gasteiger charge is -2.41. The summed E-state index contributed by atoms with van der Waals surface area (Å²) >= 11 is 0. The Labute approximate surface area is 242 Å². The molecule has 0 unspecified atom stereocenters. The molecule has 41 heavy (non-hydrogen) atoms. The number of esters is 1. The number of rotatable bonds is 8. The van der Waals surface area contributed by atoms with E-state index >= 15 is 0 Å². The molecule has 2 amide bonds. The highest BCUT2D eigenvalue weighted by Gasteiger charge is 2.53. The van der Waals surface area contributed by atoms with Gasteiger partial charge < -0.3 is 33.9 Å². The van der Waals surface area contributed by atoms with Crippen molar-refractivity contribution in [2.75, 3.05) is 33.0 Å². The van der Waals surface area contributed by atoms with Crippen LogP contribution in [0.4, 0.5) is 4.79 Å². The van der Waals surface area contributed by atoms with E-state index in [9.17, 15) is 14.4 Å². The average molecular weight is 573 g/mol. The molecular formula is C31H44N2O8. The topological polar surface area (TPSA) is 113 Å². The quantitative estimate of drug-likeness (QED) is 0.276. The fourth-order valence-electron chi connectivity index (χ4n) is 5.95. The number of carbonyl (C=O) groups is 3. The van der Waals surface area contributed by atoms with Crippen molar-refractivity contribution in [3.05, 3.63) is 41.7 Å². The molecule has 2 atom stereocenters. The van der Waals surface area contributed by atoms with E-state index in [4.69, 9.17) is 23.7 Å². The van der Waals surface area contributed by atoms with Gasteiger partial charge in [-0.3, -0.25) is 4.79 Å². The summed E-state index contributed by atoms with van der Waals surface area (Å²) in [5, 5.41) is 3.11. The zero-order valence-corrected chi connectivity index (χ0v) is 24.9. The monoisotopic (exact) mass is 572 g/mol. The molecule has 1 saturated carbocycles. The van der Waals surface area contributed by atoms with Gasteiger partial charge in [0, 0.05) is 6.54 Å². The van der Waals surface area contributed by atoms with Crippen molar-refractivity contribution in [1.82, 2.24) is 10.2 Å².